The van der Waals surface area contributed by atoms with E-state index in [4.69, 9.17) is 4.42 Å². The number of carbonyl (C=O) groups excluding carboxylic acids is 3. The highest BCUT2D eigenvalue weighted by Crippen LogP contribution is 2.26. The number of benzene rings is 1. The van der Waals surface area contributed by atoms with Crippen molar-refractivity contribution in [2.75, 3.05) is 6.54 Å². The summed E-state index contributed by atoms with van der Waals surface area (Å²) in [4.78, 5) is 43.6. The topological polar surface area (TPSA) is 139 Å². The molecule has 3 atom stereocenters. The van der Waals surface area contributed by atoms with E-state index in [9.17, 15) is 22.8 Å². The number of carbonyl (C=O) groups is 3. The number of fused-ring (bicyclic) bond motifs is 1. The predicted molar refractivity (Wildman–Crippen MR) is 145 cm³/mol. The number of pyridine rings is 1. The monoisotopic (exact) mass is 554 g/mol. The number of para-hydroxylation sites is 1. The van der Waals surface area contributed by atoms with Crippen molar-refractivity contribution in [1.29, 1.82) is 0 Å². The van der Waals surface area contributed by atoms with Crippen LogP contribution in [0.5, 0.6) is 0 Å². The first-order valence-corrected chi connectivity index (χ1v) is 14.5. The molecular formula is C28H34N4O6S. The molecule has 1 aromatic carbocycles. The first-order valence-electron chi connectivity index (χ1n) is 13.0. The number of aromatic nitrogens is 1. The number of nitrogens with zero attached hydrogens (tertiary/aromatic N) is 2. The zero-order valence-corrected chi connectivity index (χ0v) is 23.3. The van der Waals surface area contributed by atoms with Crippen molar-refractivity contribution in [2.24, 2.45) is 5.92 Å². The Morgan fingerprint density at radius 1 is 1.13 bits per heavy atom. The third-order valence-electron chi connectivity index (χ3n) is 6.97. The number of aryl methyl sites for hydroxylation is 1. The number of amides is 2. The molecule has 0 bridgehead atoms. The van der Waals surface area contributed by atoms with Gasteiger partial charge in [-0.2, -0.15) is 4.31 Å². The van der Waals surface area contributed by atoms with Crippen LogP contribution in [-0.2, 0) is 19.6 Å². The van der Waals surface area contributed by atoms with Gasteiger partial charge < -0.3 is 15.1 Å². The molecule has 0 radical (unpaired) electrons. The van der Waals surface area contributed by atoms with Crippen molar-refractivity contribution in [1.82, 2.24) is 19.9 Å². The van der Waals surface area contributed by atoms with Gasteiger partial charge in [0, 0.05) is 23.2 Å². The zero-order chi connectivity index (χ0) is 28.3. The van der Waals surface area contributed by atoms with E-state index in [-0.39, 0.29) is 29.7 Å². The zero-order valence-electron chi connectivity index (χ0n) is 22.5. The highest BCUT2D eigenvalue weighted by molar-refractivity contribution is 7.89. The number of furan rings is 1. The quantitative estimate of drug-likeness (QED) is 0.436. The maximum absolute atomic E-state index is 13.4. The van der Waals surface area contributed by atoms with Gasteiger partial charge in [0.05, 0.1) is 12.6 Å². The standard InChI is InChI=1S/C28H34N4O6S/c1-17(2)15-22(31-28(35)26-19(4)20-9-5-6-10-24(20)38-26)27(34)30-21-13-12-18(3)32(16-23(21)33)39(36,37)25-11-7-8-14-29-25/h5-11,14,17-18,21-22H,12-13,15-16H2,1-4H3,(H,30,34)(H,31,35). The Morgan fingerprint density at radius 2 is 1.85 bits per heavy atom. The lowest BCUT2D eigenvalue weighted by atomic mass is 10.0. The molecule has 2 aromatic heterocycles. The molecule has 2 N–H and O–H groups in total. The van der Waals surface area contributed by atoms with Crippen LogP contribution in [0.3, 0.4) is 0 Å². The first-order chi connectivity index (χ1) is 18.5. The molecule has 0 aliphatic carbocycles. The second-order valence-electron chi connectivity index (χ2n) is 10.4. The van der Waals surface area contributed by atoms with E-state index in [0.29, 0.717) is 24.0 Å². The Morgan fingerprint density at radius 3 is 2.51 bits per heavy atom. The summed E-state index contributed by atoms with van der Waals surface area (Å²) < 4.78 is 33.2. The van der Waals surface area contributed by atoms with Crippen molar-refractivity contribution in [3.05, 3.63) is 60.0 Å². The highest BCUT2D eigenvalue weighted by atomic mass is 32.2. The van der Waals surface area contributed by atoms with E-state index >= 15 is 0 Å². The molecule has 11 heteroatoms. The molecule has 2 amide bonds. The number of ketones is 1. The van der Waals surface area contributed by atoms with Crippen LogP contribution >= 0.6 is 0 Å². The smallest absolute Gasteiger partial charge is 0.287 e. The summed E-state index contributed by atoms with van der Waals surface area (Å²) in [6.45, 7) is 6.99. The molecule has 1 aliphatic heterocycles. The van der Waals surface area contributed by atoms with E-state index in [1.165, 1.54) is 12.3 Å². The molecule has 10 nitrogen and oxygen atoms in total. The van der Waals surface area contributed by atoms with Gasteiger partial charge in [-0.25, -0.2) is 13.4 Å². The molecule has 208 valence electrons. The first kappa shape index (κ1) is 28.4. The molecule has 4 rings (SSSR count). The number of rotatable bonds is 8. The Bertz CT molecular complexity index is 1470. The Labute approximate surface area is 228 Å². The second-order valence-corrected chi connectivity index (χ2v) is 12.2. The van der Waals surface area contributed by atoms with Gasteiger partial charge in [0.25, 0.3) is 15.9 Å². The van der Waals surface area contributed by atoms with Crippen LogP contribution in [0, 0.1) is 12.8 Å². The van der Waals surface area contributed by atoms with E-state index in [0.717, 1.165) is 9.69 Å². The maximum Gasteiger partial charge on any atom is 0.287 e. The van der Waals surface area contributed by atoms with Gasteiger partial charge >= 0.3 is 0 Å². The number of sulfonamides is 1. The van der Waals surface area contributed by atoms with Crippen LogP contribution in [-0.4, -0.2) is 60.0 Å². The van der Waals surface area contributed by atoms with E-state index < -0.39 is 45.7 Å². The molecule has 39 heavy (non-hydrogen) atoms. The van der Waals surface area contributed by atoms with E-state index in [1.54, 1.807) is 32.0 Å². The van der Waals surface area contributed by atoms with Gasteiger partial charge in [-0.15, -0.1) is 0 Å². The van der Waals surface area contributed by atoms with Crippen LogP contribution < -0.4 is 10.6 Å². The SMILES string of the molecule is Cc1c(C(=O)NC(CC(C)C)C(=O)NC2CCC(C)N(S(=O)(=O)c3ccccn3)CC2=O)oc2ccccc12. The van der Waals surface area contributed by atoms with E-state index in [1.807, 2.05) is 32.0 Å². The molecule has 1 saturated heterocycles. The molecule has 3 heterocycles. The number of Topliss-reactive ketones (excluding diaryl/α,β-unsaturated/α-hetero) is 1. The molecule has 1 aliphatic rings. The van der Waals surface area contributed by atoms with E-state index in [2.05, 4.69) is 15.6 Å². The van der Waals surface area contributed by atoms with Crippen LogP contribution in [0.15, 0.2) is 58.1 Å². The third-order valence-corrected chi connectivity index (χ3v) is 8.85. The average Bonchev–Trinajstić information content (AvgIpc) is 3.17. The lowest BCUT2D eigenvalue weighted by Gasteiger charge is -2.25. The fraction of sp³-hybridized carbons (Fsp3) is 0.429. The minimum Gasteiger partial charge on any atom is -0.451 e. The number of nitrogens with one attached hydrogen (secondary N) is 2. The number of hydrogen-bond donors (Lipinski definition) is 2. The Balaban J connectivity index is 1.49. The van der Waals surface area contributed by atoms with Crippen molar-refractivity contribution < 1.29 is 27.2 Å². The minimum absolute atomic E-state index is 0.0710. The Kier molecular flexibility index (Phi) is 8.51. The second kappa shape index (κ2) is 11.7. The van der Waals surface area contributed by atoms with Gasteiger partial charge in [0.1, 0.15) is 11.6 Å². The van der Waals surface area contributed by atoms with Crippen LogP contribution in [0.2, 0.25) is 0 Å². The molecule has 3 aromatic rings. The minimum atomic E-state index is -3.99. The lowest BCUT2D eigenvalue weighted by Crippen LogP contribution is -2.52. The lowest BCUT2D eigenvalue weighted by molar-refractivity contribution is -0.129. The summed E-state index contributed by atoms with van der Waals surface area (Å²) in [5, 5.41) is 6.24. The maximum atomic E-state index is 13.4. The molecule has 1 fully saturated rings. The summed E-state index contributed by atoms with van der Waals surface area (Å²) in [5.41, 5.74) is 1.25. The Hall–Kier alpha value is -3.57. The highest BCUT2D eigenvalue weighted by Gasteiger charge is 2.38. The van der Waals surface area contributed by atoms with Crippen LogP contribution in [0.4, 0.5) is 0 Å². The molecule has 0 spiro atoms. The molecular weight excluding hydrogens is 520 g/mol. The predicted octanol–water partition coefficient (Wildman–Crippen LogP) is 3.21. The van der Waals surface area contributed by atoms with Gasteiger partial charge in [0.15, 0.2) is 16.6 Å². The van der Waals surface area contributed by atoms with Gasteiger partial charge in [-0.3, -0.25) is 14.4 Å². The summed E-state index contributed by atoms with van der Waals surface area (Å²) in [7, 11) is -3.99. The summed E-state index contributed by atoms with van der Waals surface area (Å²) in [6, 6.07) is 9.61. The van der Waals surface area contributed by atoms with Gasteiger partial charge in [-0.05, 0) is 57.2 Å². The van der Waals surface area contributed by atoms with Gasteiger partial charge in [0.2, 0.25) is 5.91 Å². The average molecular weight is 555 g/mol. The van der Waals surface area contributed by atoms with Crippen molar-refractivity contribution in [3.63, 3.8) is 0 Å². The van der Waals surface area contributed by atoms with Crippen molar-refractivity contribution in [2.45, 2.75) is 70.1 Å². The largest absolute Gasteiger partial charge is 0.451 e. The fourth-order valence-electron chi connectivity index (χ4n) is 4.82. The van der Waals surface area contributed by atoms with Crippen LogP contribution in [0.1, 0.15) is 56.2 Å². The number of hydrogen-bond acceptors (Lipinski definition) is 7. The van der Waals surface area contributed by atoms with Crippen LogP contribution in [0.25, 0.3) is 11.0 Å². The summed E-state index contributed by atoms with van der Waals surface area (Å²) in [6.07, 6.45) is 2.36. The normalized spacial score (nSPS) is 19.6. The molecule has 3 unspecified atom stereocenters. The van der Waals surface area contributed by atoms with Crippen molar-refractivity contribution >= 4 is 38.6 Å². The summed E-state index contributed by atoms with van der Waals surface area (Å²) in [5.74, 6) is -1.24. The third kappa shape index (κ3) is 6.20. The fourth-order valence-corrected chi connectivity index (χ4v) is 6.38. The summed E-state index contributed by atoms with van der Waals surface area (Å²) >= 11 is 0. The molecule has 0 saturated carbocycles. The van der Waals surface area contributed by atoms with Gasteiger partial charge in [-0.1, -0.05) is 38.1 Å². The van der Waals surface area contributed by atoms with Crippen molar-refractivity contribution in [3.8, 4) is 0 Å².